The van der Waals surface area contributed by atoms with Crippen molar-refractivity contribution < 1.29 is 19.2 Å². The quantitative estimate of drug-likeness (QED) is 0.504. The molecule has 0 unspecified atom stereocenters. The Morgan fingerprint density at radius 3 is 2.28 bits per heavy atom. The minimum atomic E-state index is -0.912. The maximum absolute atomic E-state index is 12.0. The number of ether oxygens (including phenoxy) is 1. The number of nitro groups is 1. The van der Waals surface area contributed by atoms with Crippen molar-refractivity contribution in [1.29, 1.82) is 0 Å². The molecule has 0 aromatic heterocycles. The second-order valence-electron chi connectivity index (χ2n) is 5.35. The van der Waals surface area contributed by atoms with Crippen molar-refractivity contribution in [2.24, 2.45) is 0 Å². The van der Waals surface area contributed by atoms with E-state index < -0.39 is 16.7 Å². The number of non-ortho nitro benzene ring substituents is 1. The molecule has 8 nitrogen and oxygen atoms in total. The highest BCUT2D eigenvalue weighted by atomic mass is 16.6. The van der Waals surface area contributed by atoms with Crippen molar-refractivity contribution in [3.63, 3.8) is 0 Å². The van der Waals surface area contributed by atoms with Crippen LogP contribution in [0.2, 0.25) is 0 Å². The van der Waals surface area contributed by atoms with Crippen LogP contribution in [0.4, 0.5) is 17.1 Å². The number of carbonyl (C=O) groups excluding carboxylic acids is 2. The Kier molecular flexibility index (Phi) is 5.33. The number of aryl methyl sites for hydroxylation is 2. The maximum atomic E-state index is 12.0. The fourth-order valence-corrected chi connectivity index (χ4v) is 2.08. The van der Waals surface area contributed by atoms with Crippen molar-refractivity contribution in [3.8, 4) is 5.75 Å². The lowest BCUT2D eigenvalue weighted by Gasteiger charge is -2.10. The van der Waals surface area contributed by atoms with E-state index >= 15 is 0 Å². The number of nitrogens with one attached hydrogen (secondary N) is 2. The van der Waals surface area contributed by atoms with Crippen LogP contribution < -0.4 is 15.4 Å². The normalized spacial score (nSPS) is 10.0. The number of anilines is 2. The maximum Gasteiger partial charge on any atom is 0.314 e. The summed E-state index contributed by atoms with van der Waals surface area (Å²) in [7, 11) is 1.31. The molecule has 25 heavy (non-hydrogen) atoms. The van der Waals surface area contributed by atoms with Gasteiger partial charge in [0.2, 0.25) is 0 Å². The summed E-state index contributed by atoms with van der Waals surface area (Å²) in [5, 5.41) is 15.6. The van der Waals surface area contributed by atoms with E-state index in [1.807, 2.05) is 19.9 Å². The Morgan fingerprint density at radius 1 is 1.00 bits per heavy atom. The molecule has 0 aliphatic carbocycles. The molecular formula is C17H17N3O5. The number of hydrogen-bond donors (Lipinski definition) is 2. The van der Waals surface area contributed by atoms with Gasteiger partial charge < -0.3 is 15.4 Å². The molecule has 0 bridgehead atoms. The third kappa shape index (κ3) is 4.31. The van der Waals surface area contributed by atoms with E-state index in [2.05, 4.69) is 10.6 Å². The van der Waals surface area contributed by atoms with Gasteiger partial charge in [0.1, 0.15) is 5.75 Å². The lowest BCUT2D eigenvalue weighted by Crippen LogP contribution is -2.29. The number of amides is 2. The second kappa shape index (κ2) is 7.43. The zero-order chi connectivity index (χ0) is 18.6. The van der Waals surface area contributed by atoms with Crippen molar-refractivity contribution >= 4 is 28.9 Å². The summed E-state index contributed by atoms with van der Waals surface area (Å²) in [6, 6.07) is 8.96. The Balaban J connectivity index is 2.11. The summed E-state index contributed by atoms with van der Waals surface area (Å²) >= 11 is 0. The molecule has 0 fully saturated rings. The van der Waals surface area contributed by atoms with E-state index in [-0.39, 0.29) is 17.1 Å². The monoisotopic (exact) mass is 343 g/mol. The summed E-state index contributed by atoms with van der Waals surface area (Å²) in [6.45, 7) is 3.83. The van der Waals surface area contributed by atoms with Crippen molar-refractivity contribution in [2.45, 2.75) is 13.8 Å². The third-order valence-electron chi connectivity index (χ3n) is 3.62. The zero-order valence-electron chi connectivity index (χ0n) is 14.0. The molecule has 2 N–H and O–H groups in total. The van der Waals surface area contributed by atoms with E-state index in [0.717, 1.165) is 17.2 Å². The average Bonchev–Trinajstić information content (AvgIpc) is 2.58. The van der Waals surface area contributed by atoms with Gasteiger partial charge in [0.15, 0.2) is 0 Å². The molecule has 0 saturated heterocycles. The van der Waals surface area contributed by atoms with Crippen LogP contribution in [-0.4, -0.2) is 23.8 Å². The summed E-state index contributed by atoms with van der Waals surface area (Å²) < 4.78 is 5.01. The number of nitro benzene ring substituents is 1. The molecule has 0 radical (unpaired) electrons. The topological polar surface area (TPSA) is 111 Å². The Morgan fingerprint density at radius 2 is 1.68 bits per heavy atom. The predicted octanol–water partition coefficient (Wildman–Crippen LogP) is 2.80. The molecule has 2 aromatic carbocycles. The van der Waals surface area contributed by atoms with E-state index in [4.69, 9.17) is 4.74 Å². The van der Waals surface area contributed by atoms with Crippen molar-refractivity contribution in [2.75, 3.05) is 17.7 Å². The number of hydrogen-bond acceptors (Lipinski definition) is 5. The highest BCUT2D eigenvalue weighted by Crippen LogP contribution is 2.29. The largest absolute Gasteiger partial charge is 0.494 e. The summed E-state index contributed by atoms with van der Waals surface area (Å²) in [5.41, 5.74) is 2.52. The van der Waals surface area contributed by atoms with Gasteiger partial charge >= 0.3 is 11.8 Å². The first kappa shape index (κ1) is 17.9. The van der Waals surface area contributed by atoms with Gasteiger partial charge in [-0.1, -0.05) is 6.07 Å². The smallest absolute Gasteiger partial charge is 0.314 e. The van der Waals surface area contributed by atoms with Crippen LogP contribution in [0.1, 0.15) is 11.1 Å². The van der Waals surface area contributed by atoms with Gasteiger partial charge in [-0.2, -0.15) is 0 Å². The Labute approximate surface area is 144 Å². The number of carbonyl (C=O) groups is 2. The molecule has 0 spiro atoms. The fourth-order valence-electron chi connectivity index (χ4n) is 2.08. The van der Waals surface area contributed by atoms with Gasteiger partial charge in [-0.25, -0.2) is 0 Å². The van der Waals surface area contributed by atoms with Crippen molar-refractivity contribution in [3.05, 3.63) is 57.6 Å². The van der Waals surface area contributed by atoms with E-state index in [9.17, 15) is 19.7 Å². The van der Waals surface area contributed by atoms with Gasteiger partial charge in [0.05, 0.1) is 23.8 Å². The highest BCUT2D eigenvalue weighted by molar-refractivity contribution is 6.43. The molecule has 8 heteroatoms. The van der Waals surface area contributed by atoms with Crippen LogP contribution in [0.15, 0.2) is 36.4 Å². The van der Waals surface area contributed by atoms with Crippen LogP contribution in [0.5, 0.6) is 5.75 Å². The number of benzene rings is 2. The predicted molar refractivity (Wildman–Crippen MR) is 92.8 cm³/mol. The summed E-state index contributed by atoms with van der Waals surface area (Å²) in [5.74, 6) is -1.68. The SMILES string of the molecule is COc1cc([N+](=O)[O-])ccc1NC(=O)C(=O)Nc1ccc(C)c(C)c1. The Hall–Kier alpha value is -3.42. The van der Waals surface area contributed by atoms with E-state index in [1.165, 1.54) is 19.2 Å². The average molecular weight is 343 g/mol. The first-order chi connectivity index (χ1) is 11.8. The summed E-state index contributed by atoms with van der Waals surface area (Å²) in [4.78, 5) is 34.2. The van der Waals surface area contributed by atoms with Crippen LogP contribution in [0.25, 0.3) is 0 Å². The summed E-state index contributed by atoms with van der Waals surface area (Å²) in [6.07, 6.45) is 0. The molecule has 2 amide bonds. The van der Waals surface area contributed by atoms with Crippen LogP contribution >= 0.6 is 0 Å². The van der Waals surface area contributed by atoms with Crippen LogP contribution in [-0.2, 0) is 9.59 Å². The molecular weight excluding hydrogens is 326 g/mol. The van der Waals surface area contributed by atoms with Gasteiger partial charge in [-0.05, 0) is 43.2 Å². The lowest BCUT2D eigenvalue weighted by atomic mass is 10.1. The third-order valence-corrected chi connectivity index (χ3v) is 3.62. The number of rotatable bonds is 4. The minimum Gasteiger partial charge on any atom is -0.494 e. The second-order valence-corrected chi connectivity index (χ2v) is 5.35. The molecule has 0 aliphatic heterocycles. The van der Waals surface area contributed by atoms with Crippen LogP contribution in [0.3, 0.4) is 0 Å². The molecule has 0 atom stereocenters. The van der Waals surface area contributed by atoms with Gasteiger partial charge in [0.25, 0.3) is 5.69 Å². The zero-order valence-corrected chi connectivity index (χ0v) is 14.0. The highest BCUT2D eigenvalue weighted by Gasteiger charge is 2.18. The number of nitrogens with zero attached hydrogens (tertiary/aromatic N) is 1. The Bertz CT molecular complexity index is 848. The van der Waals surface area contributed by atoms with Crippen molar-refractivity contribution in [1.82, 2.24) is 0 Å². The van der Waals surface area contributed by atoms with Gasteiger partial charge in [-0.3, -0.25) is 19.7 Å². The first-order valence-corrected chi connectivity index (χ1v) is 7.34. The molecule has 2 aromatic rings. The standard InChI is InChI=1S/C17H17N3O5/c1-10-4-5-12(8-11(10)2)18-16(21)17(22)19-14-7-6-13(20(23)24)9-15(14)25-3/h4-9H,1-3H3,(H,18,21)(H,19,22). The lowest BCUT2D eigenvalue weighted by molar-refractivity contribution is -0.384. The molecule has 0 heterocycles. The van der Waals surface area contributed by atoms with Gasteiger partial charge in [-0.15, -0.1) is 0 Å². The fraction of sp³-hybridized carbons (Fsp3) is 0.176. The first-order valence-electron chi connectivity index (χ1n) is 7.34. The van der Waals surface area contributed by atoms with E-state index in [0.29, 0.717) is 5.69 Å². The van der Waals surface area contributed by atoms with E-state index in [1.54, 1.807) is 12.1 Å². The molecule has 2 rings (SSSR count). The van der Waals surface area contributed by atoms with Gasteiger partial charge in [0, 0.05) is 11.8 Å². The van der Waals surface area contributed by atoms with Crippen LogP contribution in [0, 0.1) is 24.0 Å². The molecule has 0 saturated carbocycles. The molecule has 130 valence electrons. The minimum absolute atomic E-state index is 0.0848. The number of methoxy groups -OCH3 is 1. The molecule has 0 aliphatic rings.